The normalized spacial score (nSPS) is 16.0. The molecule has 134 valence electrons. The van der Waals surface area contributed by atoms with Crippen LogP contribution < -0.4 is 4.90 Å². The number of benzene rings is 2. The van der Waals surface area contributed by atoms with Gasteiger partial charge in [-0.3, -0.25) is 9.19 Å². The zero-order valence-electron chi connectivity index (χ0n) is 14.2. The highest BCUT2D eigenvalue weighted by atomic mass is 32.2. The third kappa shape index (κ3) is 3.46. The van der Waals surface area contributed by atoms with Crippen molar-refractivity contribution in [2.45, 2.75) is 4.90 Å². The lowest BCUT2D eigenvalue weighted by Crippen LogP contribution is -2.36. The molecule has 2 heterocycles. The van der Waals surface area contributed by atoms with Crippen LogP contribution in [-0.4, -0.2) is 51.5 Å². The van der Waals surface area contributed by atoms with E-state index in [9.17, 15) is 4.21 Å². The zero-order chi connectivity index (χ0) is 17.9. The van der Waals surface area contributed by atoms with Crippen LogP contribution in [0.15, 0.2) is 53.6 Å². The van der Waals surface area contributed by atoms with Crippen LogP contribution in [0.2, 0.25) is 0 Å². The number of morpholine rings is 1. The van der Waals surface area contributed by atoms with Gasteiger partial charge in [0.2, 0.25) is 0 Å². The maximum atomic E-state index is 11.9. The molecule has 1 fully saturated rings. The van der Waals surface area contributed by atoms with Crippen LogP contribution in [0, 0.1) is 0 Å². The minimum absolute atomic E-state index is 0.379. The Labute approximate surface area is 153 Å². The molecule has 26 heavy (non-hydrogen) atoms. The van der Waals surface area contributed by atoms with E-state index in [1.54, 1.807) is 12.3 Å². The molecule has 3 aromatic rings. The number of aliphatic hydroxyl groups is 1. The van der Waals surface area contributed by atoms with Gasteiger partial charge in [0.15, 0.2) is 0 Å². The SMILES string of the molecule is O=S(CO)c1cccc(-c2ccc3ncc(N4CCOCC4)nc3c2)c1. The van der Waals surface area contributed by atoms with Crippen LogP contribution in [0.5, 0.6) is 0 Å². The first-order chi connectivity index (χ1) is 12.7. The number of hydrogen-bond donors (Lipinski definition) is 1. The van der Waals surface area contributed by atoms with Crippen molar-refractivity contribution < 1.29 is 14.1 Å². The maximum Gasteiger partial charge on any atom is 0.148 e. The lowest BCUT2D eigenvalue weighted by Gasteiger charge is -2.27. The molecule has 1 aliphatic heterocycles. The molecule has 0 bridgehead atoms. The molecule has 1 atom stereocenters. The van der Waals surface area contributed by atoms with Crippen molar-refractivity contribution in [2.75, 3.05) is 37.1 Å². The van der Waals surface area contributed by atoms with Crippen LogP contribution in [0.1, 0.15) is 0 Å². The fraction of sp³-hybridized carbons (Fsp3) is 0.263. The van der Waals surface area contributed by atoms with Gasteiger partial charge in [0.25, 0.3) is 0 Å². The maximum absolute atomic E-state index is 11.9. The summed E-state index contributed by atoms with van der Waals surface area (Å²) in [4.78, 5) is 12.1. The van der Waals surface area contributed by atoms with Gasteiger partial charge >= 0.3 is 0 Å². The monoisotopic (exact) mass is 369 g/mol. The molecular formula is C19H19N3O3S. The number of fused-ring (bicyclic) bond motifs is 1. The van der Waals surface area contributed by atoms with E-state index < -0.39 is 10.8 Å². The van der Waals surface area contributed by atoms with E-state index in [0.29, 0.717) is 18.1 Å². The number of aliphatic hydroxyl groups excluding tert-OH is 1. The largest absolute Gasteiger partial charge is 0.383 e. The highest BCUT2D eigenvalue weighted by Crippen LogP contribution is 2.26. The summed E-state index contributed by atoms with van der Waals surface area (Å²) in [6, 6.07) is 13.3. The molecule has 4 rings (SSSR count). The Bertz CT molecular complexity index is 958. The average Bonchev–Trinajstić information content (AvgIpc) is 2.73. The smallest absolute Gasteiger partial charge is 0.148 e. The third-order valence-electron chi connectivity index (χ3n) is 4.41. The molecule has 0 saturated carbocycles. The lowest BCUT2D eigenvalue weighted by molar-refractivity contribution is 0.122. The van der Waals surface area contributed by atoms with Crippen molar-refractivity contribution in [1.29, 1.82) is 0 Å². The molecule has 0 spiro atoms. The Morgan fingerprint density at radius 1 is 1.08 bits per heavy atom. The summed E-state index contributed by atoms with van der Waals surface area (Å²) in [5.41, 5.74) is 3.56. The van der Waals surface area contributed by atoms with Gasteiger partial charge in [-0.25, -0.2) is 4.98 Å². The first-order valence-electron chi connectivity index (χ1n) is 8.44. The van der Waals surface area contributed by atoms with Crippen molar-refractivity contribution in [2.24, 2.45) is 0 Å². The molecule has 7 heteroatoms. The van der Waals surface area contributed by atoms with Gasteiger partial charge in [0.05, 0.1) is 41.2 Å². The minimum Gasteiger partial charge on any atom is -0.383 e. The van der Waals surface area contributed by atoms with Crippen molar-refractivity contribution in [1.82, 2.24) is 9.97 Å². The average molecular weight is 369 g/mol. The molecule has 1 aromatic heterocycles. The highest BCUT2D eigenvalue weighted by molar-refractivity contribution is 7.84. The van der Waals surface area contributed by atoms with Gasteiger partial charge in [0, 0.05) is 18.0 Å². The van der Waals surface area contributed by atoms with Crippen LogP contribution in [0.3, 0.4) is 0 Å². The predicted molar refractivity (Wildman–Crippen MR) is 102 cm³/mol. The number of hydrogen-bond acceptors (Lipinski definition) is 6. The molecule has 1 aliphatic rings. The summed E-state index contributed by atoms with van der Waals surface area (Å²) in [7, 11) is -1.40. The summed E-state index contributed by atoms with van der Waals surface area (Å²) >= 11 is 0. The van der Waals surface area contributed by atoms with Crippen LogP contribution >= 0.6 is 0 Å². The van der Waals surface area contributed by atoms with Crippen molar-refractivity contribution in [3.8, 4) is 11.1 Å². The summed E-state index contributed by atoms with van der Waals surface area (Å²) in [6.45, 7) is 3.03. The lowest BCUT2D eigenvalue weighted by atomic mass is 10.1. The van der Waals surface area contributed by atoms with Crippen LogP contribution in [0.25, 0.3) is 22.2 Å². The number of anilines is 1. The molecule has 1 N–H and O–H groups in total. The summed E-state index contributed by atoms with van der Waals surface area (Å²) < 4.78 is 17.2. The zero-order valence-corrected chi connectivity index (χ0v) is 15.0. The van der Waals surface area contributed by atoms with Crippen molar-refractivity contribution in [3.63, 3.8) is 0 Å². The molecule has 1 saturated heterocycles. The molecule has 6 nitrogen and oxygen atoms in total. The first-order valence-corrected chi connectivity index (χ1v) is 9.76. The Hall–Kier alpha value is -2.35. The number of nitrogens with zero attached hydrogens (tertiary/aromatic N) is 3. The number of aromatic nitrogens is 2. The van der Waals surface area contributed by atoms with Gasteiger partial charge < -0.3 is 14.7 Å². The van der Waals surface area contributed by atoms with Gasteiger partial charge in [0.1, 0.15) is 11.8 Å². The molecule has 0 aliphatic carbocycles. The molecule has 1 unspecified atom stereocenters. The molecular weight excluding hydrogens is 350 g/mol. The van der Waals surface area contributed by atoms with Crippen LogP contribution in [0.4, 0.5) is 5.82 Å². The Kier molecular flexibility index (Phi) is 4.92. The van der Waals surface area contributed by atoms with Gasteiger partial charge in [-0.2, -0.15) is 0 Å². The van der Waals surface area contributed by atoms with Crippen LogP contribution in [-0.2, 0) is 15.5 Å². The second kappa shape index (κ2) is 7.49. The first kappa shape index (κ1) is 17.1. The standard InChI is InChI=1S/C19H19N3O3S/c23-13-26(24)16-3-1-2-14(10-16)15-4-5-17-18(11-15)21-19(12-20-17)22-6-8-25-9-7-22/h1-5,10-12,23H,6-9,13H2. The van der Waals surface area contributed by atoms with E-state index in [1.807, 2.05) is 36.4 Å². The van der Waals surface area contributed by atoms with E-state index in [2.05, 4.69) is 9.88 Å². The Balaban J connectivity index is 1.71. The second-order valence-electron chi connectivity index (χ2n) is 6.03. The Morgan fingerprint density at radius 2 is 1.88 bits per heavy atom. The van der Waals surface area contributed by atoms with Gasteiger partial charge in [-0.05, 0) is 35.4 Å². The quantitative estimate of drug-likeness (QED) is 0.760. The fourth-order valence-corrected chi connectivity index (χ4v) is 3.66. The van der Waals surface area contributed by atoms with E-state index in [4.69, 9.17) is 14.8 Å². The molecule has 2 aromatic carbocycles. The number of ether oxygens (including phenoxy) is 1. The molecule has 0 amide bonds. The second-order valence-corrected chi connectivity index (χ2v) is 7.45. The topological polar surface area (TPSA) is 75.5 Å². The summed E-state index contributed by atoms with van der Waals surface area (Å²) in [6.07, 6.45) is 1.80. The van der Waals surface area contributed by atoms with E-state index in [-0.39, 0.29) is 5.94 Å². The highest BCUT2D eigenvalue weighted by Gasteiger charge is 2.13. The predicted octanol–water partition coefficient (Wildman–Crippen LogP) is 2.19. The summed E-state index contributed by atoms with van der Waals surface area (Å²) in [5, 5.41) is 9.11. The van der Waals surface area contributed by atoms with Gasteiger partial charge in [-0.1, -0.05) is 18.2 Å². The summed E-state index contributed by atoms with van der Waals surface area (Å²) in [5.74, 6) is 0.475. The Morgan fingerprint density at radius 3 is 2.69 bits per heavy atom. The van der Waals surface area contributed by atoms with E-state index in [0.717, 1.165) is 41.1 Å². The number of rotatable bonds is 4. The minimum atomic E-state index is -1.40. The van der Waals surface area contributed by atoms with Gasteiger partial charge in [-0.15, -0.1) is 0 Å². The molecule has 0 radical (unpaired) electrons. The van der Waals surface area contributed by atoms with Crippen molar-refractivity contribution in [3.05, 3.63) is 48.7 Å². The fourth-order valence-electron chi connectivity index (χ4n) is 3.02. The van der Waals surface area contributed by atoms with E-state index >= 15 is 0 Å². The third-order valence-corrected chi connectivity index (χ3v) is 5.43. The van der Waals surface area contributed by atoms with E-state index in [1.165, 1.54) is 0 Å². The van der Waals surface area contributed by atoms with Crippen molar-refractivity contribution >= 4 is 27.7 Å².